The van der Waals surface area contributed by atoms with Crippen LogP contribution >= 0.6 is 0 Å². The maximum atomic E-state index is 5.52. The molecule has 0 aliphatic carbocycles. The number of ether oxygens (including phenoxy) is 4. The van der Waals surface area contributed by atoms with Gasteiger partial charge in [0.15, 0.2) is 11.5 Å². The zero-order valence-corrected chi connectivity index (χ0v) is 12.6. The molecule has 0 saturated carbocycles. The van der Waals surface area contributed by atoms with E-state index in [-0.39, 0.29) is 0 Å². The van der Waals surface area contributed by atoms with E-state index in [4.69, 9.17) is 18.9 Å². The number of nitrogens with zero attached hydrogens (tertiary/aromatic N) is 1. The van der Waals surface area contributed by atoms with E-state index in [9.17, 15) is 0 Å². The summed E-state index contributed by atoms with van der Waals surface area (Å²) in [5.74, 6) is 1.35. The third-order valence-corrected chi connectivity index (χ3v) is 2.47. The van der Waals surface area contributed by atoms with E-state index in [1.165, 1.54) is 0 Å². The van der Waals surface area contributed by atoms with Crippen molar-refractivity contribution in [2.24, 2.45) is 4.99 Å². The van der Waals surface area contributed by atoms with Crippen LogP contribution in [0.1, 0.15) is 26.3 Å². The standard InChI is InChI=1S/C15H23NO4/c1-5-18-13-10-8-9-12(14(13)17-4)11-16-15(19-6-2)20-7-3/h8-11,15H,5-7H2,1-4H3. The molecular formula is C15H23NO4. The Kier molecular flexibility index (Phi) is 7.69. The van der Waals surface area contributed by atoms with Gasteiger partial charge in [0.25, 0.3) is 6.41 Å². The minimum Gasteiger partial charge on any atom is -0.492 e. The molecule has 1 aromatic carbocycles. The summed E-state index contributed by atoms with van der Waals surface area (Å²) in [6.07, 6.45) is 1.09. The van der Waals surface area contributed by atoms with E-state index >= 15 is 0 Å². The van der Waals surface area contributed by atoms with Gasteiger partial charge in [-0.15, -0.1) is 0 Å². The Morgan fingerprint density at radius 2 is 1.80 bits per heavy atom. The average molecular weight is 281 g/mol. The van der Waals surface area contributed by atoms with Crippen LogP contribution in [-0.4, -0.2) is 39.6 Å². The van der Waals surface area contributed by atoms with Crippen LogP contribution in [0.25, 0.3) is 0 Å². The molecule has 0 atom stereocenters. The van der Waals surface area contributed by atoms with E-state index < -0.39 is 6.41 Å². The van der Waals surface area contributed by atoms with Gasteiger partial charge in [0.1, 0.15) is 0 Å². The molecule has 20 heavy (non-hydrogen) atoms. The Labute approximate surface area is 120 Å². The Morgan fingerprint density at radius 3 is 2.35 bits per heavy atom. The molecule has 112 valence electrons. The van der Waals surface area contributed by atoms with Crippen molar-refractivity contribution in [2.75, 3.05) is 26.9 Å². The predicted octanol–water partition coefficient (Wildman–Crippen LogP) is 2.87. The third-order valence-electron chi connectivity index (χ3n) is 2.47. The van der Waals surface area contributed by atoms with Gasteiger partial charge in [0.2, 0.25) is 0 Å². The number of hydrogen-bond acceptors (Lipinski definition) is 5. The first-order valence-corrected chi connectivity index (χ1v) is 6.82. The van der Waals surface area contributed by atoms with E-state index in [0.717, 1.165) is 5.56 Å². The minimum absolute atomic E-state index is 0.540. The third kappa shape index (κ3) is 4.83. The van der Waals surface area contributed by atoms with Crippen molar-refractivity contribution in [3.63, 3.8) is 0 Å². The van der Waals surface area contributed by atoms with Gasteiger partial charge in [0, 0.05) is 25.0 Å². The lowest BCUT2D eigenvalue weighted by atomic mass is 10.2. The van der Waals surface area contributed by atoms with Gasteiger partial charge in [-0.05, 0) is 32.9 Å². The SMILES string of the molecule is CCOc1cccc(C=NC(OCC)OCC)c1OC. The van der Waals surface area contributed by atoms with E-state index in [2.05, 4.69) is 4.99 Å². The molecule has 0 unspecified atom stereocenters. The van der Waals surface area contributed by atoms with Gasteiger partial charge < -0.3 is 18.9 Å². The Morgan fingerprint density at radius 1 is 1.10 bits per heavy atom. The molecule has 0 aliphatic heterocycles. The average Bonchev–Trinajstić information content (AvgIpc) is 2.45. The molecule has 0 amide bonds. The van der Waals surface area contributed by atoms with E-state index in [1.807, 2.05) is 39.0 Å². The Balaban J connectivity index is 2.91. The lowest BCUT2D eigenvalue weighted by Crippen LogP contribution is -2.14. The maximum absolute atomic E-state index is 5.52. The Bertz CT molecular complexity index is 414. The first-order chi connectivity index (χ1) is 9.76. The van der Waals surface area contributed by atoms with Crippen molar-refractivity contribution in [3.05, 3.63) is 23.8 Å². The van der Waals surface area contributed by atoms with Crippen LogP contribution in [0.5, 0.6) is 11.5 Å². The number of methoxy groups -OCH3 is 1. The molecular weight excluding hydrogens is 258 g/mol. The van der Waals surface area contributed by atoms with E-state index in [0.29, 0.717) is 31.3 Å². The van der Waals surface area contributed by atoms with Crippen molar-refractivity contribution in [1.82, 2.24) is 0 Å². The highest BCUT2D eigenvalue weighted by Gasteiger charge is 2.09. The molecule has 0 spiro atoms. The molecule has 0 N–H and O–H groups in total. The molecule has 5 nitrogen and oxygen atoms in total. The largest absolute Gasteiger partial charge is 0.492 e. The van der Waals surface area contributed by atoms with Gasteiger partial charge in [-0.25, -0.2) is 4.99 Å². The number of aliphatic imine (C=N–C) groups is 1. The summed E-state index contributed by atoms with van der Waals surface area (Å²) in [7, 11) is 1.61. The summed E-state index contributed by atoms with van der Waals surface area (Å²) in [5.41, 5.74) is 0.822. The van der Waals surface area contributed by atoms with Crippen LogP contribution in [0, 0.1) is 0 Å². The van der Waals surface area contributed by atoms with Gasteiger partial charge >= 0.3 is 0 Å². The monoisotopic (exact) mass is 281 g/mol. The second kappa shape index (κ2) is 9.34. The molecule has 1 rings (SSSR count). The fourth-order valence-corrected chi connectivity index (χ4v) is 1.68. The summed E-state index contributed by atoms with van der Waals surface area (Å²) in [5, 5.41) is 0. The molecule has 0 aromatic heterocycles. The van der Waals surface area contributed by atoms with Crippen molar-refractivity contribution < 1.29 is 18.9 Å². The summed E-state index contributed by atoms with van der Waals surface area (Å²) in [6, 6.07) is 5.66. The highest BCUT2D eigenvalue weighted by Crippen LogP contribution is 2.29. The lowest BCUT2D eigenvalue weighted by Gasteiger charge is -2.13. The summed E-state index contributed by atoms with van der Waals surface area (Å²) < 4.78 is 21.6. The summed E-state index contributed by atoms with van der Waals surface area (Å²) >= 11 is 0. The fraction of sp³-hybridized carbons (Fsp3) is 0.533. The first kappa shape index (κ1) is 16.5. The smallest absolute Gasteiger partial charge is 0.258 e. The van der Waals surface area contributed by atoms with Crippen molar-refractivity contribution in [3.8, 4) is 11.5 Å². The van der Waals surface area contributed by atoms with Gasteiger partial charge in [0.05, 0.1) is 13.7 Å². The minimum atomic E-state index is -0.592. The molecule has 1 aromatic rings. The van der Waals surface area contributed by atoms with Crippen LogP contribution in [0.15, 0.2) is 23.2 Å². The number of para-hydroxylation sites is 1. The van der Waals surface area contributed by atoms with Crippen molar-refractivity contribution in [1.29, 1.82) is 0 Å². The lowest BCUT2D eigenvalue weighted by molar-refractivity contribution is -0.129. The topological polar surface area (TPSA) is 49.3 Å². The molecule has 5 heteroatoms. The fourth-order valence-electron chi connectivity index (χ4n) is 1.68. The summed E-state index contributed by atoms with van der Waals surface area (Å²) in [6.45, 7) is 7.39. The van der Waals surface area contributed by atoms with Gasteiger partial charge in [-0.2, -0.15) is 0 Å². The zero-order valence-electron chi connectivity index (χ0n) is 12.6. The second-order valence-electron chi connectivity index (χ2n) is 3.81. The van der Waals surface area contributed by atoms with E-state index in [1.54, 1.807) is 13.3 Å². The highest BCUT2D eigenvalue weighted by atomic mass is 16.7. The second-order valence-corrected chi connectivity index (χ2v) is 3.81. The number of benzene rings is 1. The van der Waals surface area contributed by atoms with Crippen LogP contribution in [0.3, 0.4) is 0 Å². The maximum Gasteiger partial charge on any atom is 0.258 e. The van der Waals surface area contributed by atoms with Gasteiger partial charge in [-0.3, -0.25) is 0 Å². The highest BCUT2D eigenvalue weighted by molar-refractivity contribution is 5.85. The summed E-state index contributed by atoms with van der Waals surface area (Å²) in [4.78, 5) is 4.28. The first-order valence-electron chi connectivity index (χ1n) is 6.82. The molecule has 0 fully saturated rings. The molecule has 0 aliphatic rings. The molecule has 0 bridgehead atoms. The zero-order chi connectivity index (χ0) is 14.8. The van der Waals surface area contributed by atoms with Crippen LogP contribution in [-0.2, 0) is 9.47 Å². The Hall–Kier alpha value is -1.59. The van der Waals surface area contributed by atoms with Gasteiger partial charge in [-0.1, -0.05) is 6.07 Å². The quantitative estimate of drug-likeness (QED) is 0.516. The van der Waals surface area contributed by atoms with Crippen LogP contribution in [0.2, 0.25) is 0 Å². The predicted molar refractivity (Wildman–Crippen MR) is 78.8 cm³/mol. The van der Waals surface area contributed by atoms with Crippen LogP contribution < -0.4 is 9.47 Å². The molecule has 0 heterocycles. The molecule has 0 saturated heterocycles. The number of rotatable bonds is 9. The van der Waals surface area contributed by atoms with Crippen LogP contribution in [0.4, 0.5) is 0 Å². The molecule has 0 radical (unpaired) electrons. The van der Waals surface area contributed by atoms with Crippen molar-refractivity contribution >= 4 is 6.21 Å². The number of hydrogen-bond donors (Lipinski definition) is 0. The normalized spacial score (nSPS) is 11.2. The van der Waals surface area contributed by atoms with Crippen molar-refractivity contribution in [2.45, 2.75) is 27.2 Å².